The topological polar surface area (TPSA) is 30.2 Å². The molecule has 1 aromatic heterocycles. The number of furan rings is 1. The Balaban J connectivity index is 2.10. The number of carbonyl (C=O) groups is 1. The SMILES string of the molecule is Cc1cc(C(=O)c2cc3cc(Cl)ccc3o2)c(F)cc1F. The fraction of sp³-hybridized carbons (Fsp3) is 0.0625. The summed E-state index contributed by atoms with van der Waals surface area (Å²) in [5.74, 6) is -2.26. The second kappa shape index (κ2) is 4.97. The van der Waals surface area contributed by atoms with E-state index in [0.29, 0.717) is 22.1 Å². The molecule has 0 saturated heterocycles. The fourth-order valence-corrected chi connectivity index (χ4v) is 2.27. The molecule has 3 rings (SSSR count). The van der Waals surface area contributed by atoms with Crippen LogP contribution in [0, 0.1) is 18.6 Å². The number of benzene rings is 2. The van der Waals surface area contributed by atoms with E-state index < -0.39 is 17.4 Å². The van der Waals surface area contributed by atoms with E-state index in [-0.39, 0.29) is 16.9 Å². The molecule has 0 fully saturated rings. The summed E-state index contributed by atoms with van der Waals surface area (Å²) in [6, 6.07) is 8.26. The normalized spacial score (nSPS) is 11.0. The Morgan fingerprint density at radius 2 is 1.86 bits per heavy atom. The maximum atomic E-state index is 13.8. The van der Waals surface area contributed by atoms with Crippen molar-refractivity contribution in [1.29, 1.82) is 0 Å². The average molecular weight is 307 g/mol. The summed E-state index contributed by atoms with van der Waals surface area (Å²) in [4.78, 5) is 12.3. The van der Waals surface area contributed by atoms with E-state index in [2.05, 4.69) is 0 Å². The third-order valence-corrected chi connectivity index (χ3v) is 3.43. The van der Waals surface area contributed by atoms with Gasteiger partial charge >= 0.3 is 0 Å². The van der Waals surface area contributed by atoms with Gasteiger partial charge in [-0.1, -0.05) is 11.6 Å². The van der Waals surface area contributed by atoms with Crippen molar-refractivity contribution in [3.63, 3.8) is 0 Å². The smallest absolute Gasteiger partial charge is 0.231 e. The van der Waals surface area contributed by atoms with E-state index in [0.717, 1.165) is 0 Å². The lowest BCUT2D eigenvalue weighted by molar-refractivity contribution is 0.101. The van der Waals surface area contributed by atoms with Crippen LogP contribution in [0.2, 0.25) is 5.02 Å². The van der Waals surface area contributed by atoms with E-state index in [4.69, 9.17) is 16.0 Å². The second-order valence-electron chi connectivity index (χ2n) is 4.70. The van der Waals surface area contributed by atoms with Gasteiger partial charge in [0.2, 0.25) is 5.78 Å². The van der Waals surface area contributed by atoms with Gasteiger partial charge in [0.25, 0.3) is 0 Å². The zero-order valence-electron chi connectivity index (χ0n) is 10.9. The average Bonchev–Trinajstić information content (AvgIpc) is 2.85. The third kappa shape index (κ3) is 2.43. The number of fused-ring (bicyclic) bond motifs is 1. The van der Waals surface area contributed by atoms with Crippen LogP contribution in [-0.2, 0) is 0 Å². The number of carbonyl (C=O) groups excluding carboxylic acids is 1. The highest BCUT2D eigenvalue weighted by molar-refractivity contribution is 6.31. The highest BCUT2D eigenvalue weighted by atomic mass is 35.5. The zero-order valence-corrected chi connectivity index (χ0v) is 11.7. The molecule has 5 heteroatoms. The Hall–Kier alpha value is -2.20. The van der Waals surface area contributed by atoms with Crippen LogP contribution in [0.5, 0.6) is 0 Å². The predicted octanol–water partition coefficient (Wildman–Crippen LogP) is 4.90. The molecule has 0 aliphatic carbocycles. The first kappa shape index (κ1) is 13.8. The quantitative estimate of drug-likeness (QED) is 0.630. The Kier molecular flexibility index (Phi) is 3.26. The van der Waals surface area contributed by atoms with Gasteiger partial charge in [0.05, 0.1) is 5.56 Å². The lowest BCUT2D eigenvalue weighted by atomic mass is 10.0. The minimum Gasteiger partial charge on any atom is -0.453 e. The summed E-state index contributed by atoms with van der Waals surface area (Å²) in [6.45, 7) is 1.46. The summed E-state index contributed by atoms with van der Waals surface area (Å²) >= 11 is 5.86. The Labute approximate surface area is 123 Å². The molecule has 0 N–H and O–H groups in total. The molecule has 3 aromatic rings. The van der Waals surface area contributed by atoms with E-state index >= 15 is 0 Å². The van der Waals surface area contributed by atoms with Gasteiger partial charge in [0.15, 0.2) is 5.76 Å². The van der Waals surface area contributed by atoms with E-state index in [1.54, 1.807) is 18.2 Å². The summed E-state index contributed by atoms with van der Waals surface area (Å²) in [5.41, 5.74) is 0.444. The molecule has 106 valence electrons. The van der Waals surface area contributed by atoms with E-state index in [9.17, 15) is 13.6 Å². The van der Waals surface area contributed by atoms with Gasteiger partial charge in [-0.05, 0) is 42.8 Å². The van der Waals surface area contributed by atoms with Crippen LogP contribution in [0.15, 0.2) is 40.8 Å². The maximum Gasteiger partial charge on any atom is 0.231 e. The minimum absolute atomic E-state index is 0.0165. The van der Waals surface area contributed by atoms with Crippen molar-refractivity contribution in [2.24, 2.45) is 0 Å². The van der Waals surface area contributed by atoms with Crippen LogP contribution in [0.25, 0.3) is 11.0 Å². The fourth-order valence-electron chi connectivity index (χ4n) is 2.09. The Morgan fingerprint density at radius 1 is 1.10 bits per heavy atom. The van der Waals surface area contributed by atoms with Crippen molar-refractivity contribution in [2.45, 2.75) is 6.92 Å². The van der Waals surface area contributed by atoms with Crippen molar-refractivity contribution in [1.82, 2.24) is 0 Å². The first-order chi connectivity index (χ1) is 9.95. The van der Waals surface area contributed by atoms with Crippen molar-refractivity contribution in [2.75, 3.05) is 0 Å². The molecule has 21 heavy (non-hydrogen) atoms. The molecule has 0 aliphatic rings. The van der Waals surface area contributed by atoms with Gasteiger partial charge in [-0.25, -0.2) is 8.78 Å². The van der Waals surface area contributed by atoms with Gasteiger partial charge in [-0.3, -0.25) is 4.79 Å². The monoisotopic (exact) mass is 306 g/mol. The standard InChI is InChI=1S/C16H9ClF2O2/c1-8-4-11(13(19)7-12(8)18)16(20)15-6-9-5-10(17)2-3-14(9)21-15/h2-7H,1H3. The molecule has 0 saturated carbocycles. The van der Waals surface area contributed by atoms with Crippen LogP contribution >= 0.6 is 11.6 Å². The third-order valence-electron chi connectivity index (χ3n) is 3.20. The highest BCUT2D eigenvalue weighted by Gasteiger charge is 2.20. The molecule has 0 amide bonds. The number of ketones is 1. The molecule has 0 aliphatic heterocycles. The summed E-state index contributed by atoms with van der Waals surface area (Å²) in [7, 11) is 0. The van der Waals surface area contributed by atoms with Crippen LogP contribution in [0.3, 0.4) is 0 Å². The maximum absolute atomic E-state index is 13.8. The molecular weight excluding hydrogens is 298 g/mol. The molecule has 0 spiro atoms. The zero-order chi connectivity index (χ0) is 15.1. The highest BCUT2D eigenvalue weighted by Crippen LogP contribution is 2.25. The first-order valence-corrected chi connectivity index (χ1v) is 6.53. The molecule has 0 unspecified atom stereocenters. The minimum atomic E-state index is -0.915. The molecule has 1 heterocycles. The Bertz CT molecular complexity index is 868. The van der Waals surface area contributed by atoms with Crippen LogP contribution in [-0.4, -0.2) is 5.78 Å². The second-order valence-corrected chi connectivity index (χ2v) is 5.14. The largest absolute Gasteiger partial charge is 0.453 e. The summed E-state index contributed by atoms with van der Waals surface area (Å²) < 4.78 is 32.4. The molecule has 0 bridgehead atoms. The lowest BCUT2D eigenvalue weighted by Gasteiger charge is -2.03. The molecule has 0 radical (unpaired) electrons. The van der Waals surface area contributed by atoms with Crippen molar-refractivity contribution in [3.05, 3.63) is 69.9 Å². The number of hydrogen-bond donors (Lipinski definition) is 0. The number of hydrogen-bond acceptors (Lipinski definition) is 2. The van der Waals surface area contributed by atoms with Crippen LogP contribution in [0.4, 0.5) is 8.78 Å². The van der Waals surface area contributed by atoms with E-state index in [1.807, 2.05) is 0 Å². The predicted molar refractivity (Wildman–Crippen MR) is 75.8 cm³/mol. The summed E-state index contributed by atoms with van der Waals surface area (Å²) in [6.07, 6.45) is 0. The van der Waals surface area contributed by atoms with Gasteiger partial charge in [0, 0.05) is 16.5 Å². The molecule has 0 atom stereocenters. The van der Waals surface area contributed by atoms with Gasteiger partial charge in [-0.15, -0.1) is 0 Å². The molecule has 2 nitrogen and oxygen atoms in total. The van der Waals surface area contributed by atoms with Crippen LogP contribution in [0.1, 0.15) is 21.7 Å². The number of rotatable bonds is 2. The first-order valence-electron chi connectivity index (χ1n) is 6.15. The van der Waals surface area contributed by atoms with Crippen molar-refractivity contribution in [3.8, 4) is 0 Å². The van der Waals surface area contributed by atoms with Crippen molar-refractivity contribution >= 4 is 28.4 Å². The summed E-state index contributed by atoms with van der Waals surface area (Å²) in [5, 5.41) is 1.15. The molecular formula is C16H9ClF2O2. The van der Waals surface area contributed by atoms with Crippen LogP contribution < -0.4 is 0 Å². The Morgan fingerprint density at radius 3 is 2.62 bits per heavy atom. The van der Waals surface area contributed by atoms with Crippen molar-refractivity contribution < 1.29 is 18.0 Å². The van der Waals surface area contributed by atoms with Gasteiger partial charge in [-0.2, -0.15) is 0 Å². The van der Waals surface area contributed by atoms with E-state index in [1.165, 1.54) is 19.1 Å². The lowest BCUT2D eigenvalue weighted by Crippen LogP contribution is -2.04. The number of halogens is 3. The molecule has 2 aromatic carbocycles. The van der Waals surface area contributed by atoms with Gasteiger partial charge < -0.3 is 4.42 Å². The number of aryl methyl sites for hydroxylation is 1. The van der Waals surface area contributed by atoms with Gasteiger partial charge in [0.1, 0.15) is 17.2 Å².